The summed E-state index contributed by atoms with van der Waals surface area (Å²) in [4.78, 5) is 0. The van der Waals surface area contributed by atoms with E-state index in [2.05, 4.69) is 11.5 Å². The number of fused-ring (bicyclic) bond motifs is 1. The Hall–Kier alpha value is -1.58. The second kappa shape index (κ2) is 4.51. The van der Waals surface area contributed by atoms with Crippen molar-refractivity contribution in [1.82, 2.24) is 5.48 Å². The molecule has 3 nitrogen and oxygen atoms in total. The monoisotopic (exact) mass is 217 g/mol. The van der Waals surface area contributed by atoms with Gasteiger partial charge in [-0.3, -0.25) is 0 Å². The molecule has 3 heteroatoms. The van der Waals surface area contributed by atoms with E-state index in [1.54, 1.807) is 7.11 Å². The Balaban J connectivity index is 2.47. The second-order valence-electron chi connectivity index (χ2n) is 3.82. The fourth-order valence-electron chi connectivity index (χ4n) is 1.71. The summed E-state index contributed by atoms with van der Waals surface area (Å²) in [6.45, 7) is 1.91. The minimum absolute atomic E-state index is 0.0634. The lowest BCUT2D eigenvalue weighted by Gasteiger charge is -2.10. The summed E-state index contributed by atoms with van der Waals surface area (Å²) in [5, 5.41) is 11.1. The average Bonchev–Trinajstić information content (AvgIpc) is 2.36. The van der Waals surface area contributed by atoms with Crippen LogP contribution in [0.1, 0.15) is 18.5 Å². The summed E-state index contributed by atoms with van der Waals surface area (Å²) in [6, 6.07) is 12.0. The molecule has 0 aliphatic heterocycles. The van der Waals surface area contributed by atoms with Gasteiger partial charge in [0, 0.05) is 0 Å². The van der Waals surface area contributed by atoms with Crippen molar-refractivity contribution in [2.75, 3.05) is 7.11 Å². The number of hydroxylamine groups is 1. The van der Waals surface area contributed by atoms with Crippen molar-refractivity contribution >= 4 is 10.8 Å². The van der Waals surface area contributed by atoms with E-state index in [1.165, 1.54) is 0 Å². The largest absolute Gasteiger partial charge is 0.497 e. The fourth-order valence-corrected chi connectivity index (χ4v) is 1.71. The highest BCUT2D eigenvalue weighted by Crippen LogP contribution is 2.23. The van der Waals surface area contributed by atoms with Crippen LogP contribution in [-0.2, 0) is 0 Å². The Morgan fingerprint density at radius 3 is 2.50 bits per heavy atom. The summed E-state index contributed by atoms with van der Waals surface area (Å²) >= 11 is 0. The lowest BCUT2D eigenvalue weighted by atomic mass is 10.0. The van der Waals surface area contributed by atoms with Crippen molar-refractivity contribution in [3.8, 4) is 5.75 Å². The van der Waals surface area contributed by atoms with Gasteiger partial charge in [-0.05, 0) is 41.5 Å². The number of nitrogens with one attached hydrogen (secondary N) is 1. The highest BCUT2D eigenvalue weighted by molar-refractivity contribution is 5.84. The van der Waals surface area contributed by atoms with Crippen LogP contribution in [0.2, 0.25) is 0 Å². The van der Waals surface area contributed by atoms with Crippen molar-refractivity contribution in [2.24, 2.45) is 0 Å². The molecule has 2 aromatic rings. The number of hydrogen-bond acceptors (Lipinski definition) is 3. The molecular weight excluding hydrogens is 202 g/mol. The minimum Gasteiger partial charge on any atom is -0.497 e. The Bertz CT molecular complexity index is 496. The lowest BCUT2D eigenvalue weighted by Crippen LogP contribution is -2.12. The molecule has 0 radical (unpaired) electrons. The van der Waals surface area contributed by atoms with Gasteiger partial charge in [0.05, 0.1) is 13.2 Å². The highest BCUT2D eigenvalue weighted by atomic mass is 16.5. The first-order chi connectivity index (χ1) is 7.74. The zero-order valence-corrected chi connectivity index (χ0v) is 9.40. The van der Waals surface area contributed by atoms with E-state index in [9.17, 15) is 0 Å². The molecule has 0 aromatic heterocycles. The van der Waals surface area contributed by atoms with Crippen LogP contribution < -0.4 is 10.2 Å². The van der Waals surface area contributed by atoms with Gasteiger partial charge < -0.3 is 9.94 Å². The first-order valence-corrected chi connectivity index (χ1v) is 5.22. The van der Waals surface area contributed by atoms with Gasteiger partial charge in [-0.25, -0.2) is 0 Å². The number of benzene rings is 2. The fraction of sp³-hybridized carbons (Fsp3) is 0.231. The Kier molecular flexibility index (Phi) is 3.08. The van der Waals surface area contributed by atoms with Gasteiger partial charge >= 0.3 is 0 Å². The minimum atomic E-state index is -0.0634. The summed E-state index contributed by atoms with van der Waals surface area (Å²) in [5.41, 5.74) is 3.30. The quantitative estimate of drug-likeness (QED) is 0.777. The van der Waals surface area contributed by atoms with E-state index >= 15 is 0 Å². The molecule has 0 aliphatic carbocycles. The zero-order valence-electron chi connectivity index (χ0n) is 9.40. The van der Waals surface area contributed by atoms with Gasteiger partial charge in [0.25, 0.3) is 0 Å². The number of methoxy groups -OCH3 is 1. The SMILES string of the molecule is COc1ccc2cc(C(C)NO)ccc2c1. The molecule has 0 heterocycles. The van der Waals surface area contributed by atoms with E-state index < -0.39 is 0 Å². The molecule has 0 saturated carbocycles. The van der Waals surface area contributed by atoms with E-state index in [4.69, 9.17) is 9.94 Å². The number of rotatable bonds is 3. The van der Waals surface area contributed by atoms with Gasteiger partial charge in [0.15, 0.2) is 0 Å². The van der Waals surface area contributed by atoms with Crippen LogP contribution in [0.5, 0.6) is 5.75 Å². The highest BCUT2D eigenvalue weighted by Gasteiger charge is 2.04. The predicted octanol–water partition coefficient (Wildman–Crippen LogP) is 2.89. The van der Waals surface area contributed by atoms with Crippen molar-refractivity contribution < 1.29 is 9.94 Å². The van der Waals surface area contributed by atoms with Crippen molar-refractivity contribution in [3.63, 3.8) is 0 Å². The molecule has 0 amide bonds. The molecule has 16 heavy (non-hydrogen) atoms. The second-order valence-corrected chi connectivity index (χ2v) is 3.82. The maximum absolute atomic E-state index is 8.87. The van der Waals surface area contributed by atoms with E-state index in [1.807, 2.05) is 37.3 Å². The van der Waals surface area contributed by atoms with Gasteiger partial charge in [-0.1, -0.05) is 18.2 Å². The van der Waals surface area contributed by atoms with Crippen LogP contribution >= 0.6 is 0 Å². The summed E-state index contributed by atoms with van der Waals surface area (Å²) < 4.78 is 5.17. The molecular formula is C13H15NO2. The normalized spacial score (nSPS) is 12.7. The first-order valence-electron chi connectivity index (χ1n) is 5.22. The molecule has 0 aliphatic rings. The first kappa shape index (κ1) is 10.9. The summed E-state index contributed by atoms with van der Waals surface area (Å²) in [5.74, 6) is 0.855. The van der Waals surface area contributed by atoms with Crippen LogP contribution in [0, 0.1) is 0 Å². The number of hydrogen-bond donors (Lipinski definition) is 2. The third-order valence-electron chi connectivity index (χ3n) is 2.77. The third kappa shape index (κ3) is 2.01. The molecule has 2 N–H and O–H groups in total. The summed E-state index contributed by atoms with van der Waals surface area (Å²) in [6.07, 6.45) is 0. The van der Waals surface area contributed by atoms with Gasteiger partial charge in [0.2, 0.25) is 0 Å². The topological polar surface area (TPSA) is 41.5 Å². The Morgan fingerprint density at radius 1 is 1.12 bits per heavy atom. The van der Waals surface area contributed by atoms with E-state index in [-0.39, 0.29) is 6.04 Å². The predicted molar refractivity (Wildman–Crippen MR) is 63.8 cm³/mol. The molecule has 2 aromatic carbocycles. The Morgan fingerprint density at radius 2 is 1.81 bits per heavy atom. The molecule has 1 unspecified atom stereocenters. The van der Waals surface area contributed by atoms with Crippen molar-refractivity contribution in [3.05, 3.63) is 42.0 Å². The van der Waals surface area contributed by atoms with Crippen LogP contribution in [0.15, 0.2) is 36.4 Å². The lowest BCUT2D eigenvalue weighted by molar-refractivity contribution is 0.133. The van der Waals surface area contributed by atoms with Crippen LogP contribution in [-0.4, -0.2) is 12.3 Å². The van der Waals surface area contributed by atoms with Crippen LogP contribution in [0.25, 0.3) is 10.8 Å². The molecule has 0 saturated heterocycles. The maximum Gasteiger partial charge on any atom is 0.119 e. The van der Waals surface area contributed by atoms with Crippen LogP contribution in [0.4, 0.5) is 0 Å². The number of ether oxygens (including phenoxy) is 1. The molecule has 84 valence electrons. The van der Waals surface area contributed by atoms with Gasteiger partial charge in [-0.2, -0.15) is 5.48 Å². The molecule has 2 rings (SSSR count). The average molecular weight is 217 g/mol. The third-order valence-corrected chi connectivity index (χ3v) is 2.77. The van der Waals surface area contributed by atoms with E-state index in [0.717, 1.165) is 22.1 Å². The molecule has 0 bridgehead atoms. The molecule has 1 atom stereocenters. The summed E-state index contributed by atoms with van der Waals surface area (Å²) in [7, 11) is 1.66. The molecule has 0 fully saturated rings. The standard InChI is InChI=1S/C13H15NO2/c1-9(14-15)10-3-4-12-8-13(16-2)6-5-11(12)7-10/h3-9,14-15H,1-2H3. The maximum atomic E-state index is 8.87. The van der Waals surface area contributed by atoms with Crippen LogP contribution in [0.3, 0.4) is 0 Å². The van der Waals surface area contributed by atoms with Gasteiger partial charge in [0.1, 0.15) is 5.75 Å². The Labute approximate surface area is 94.6 Å². The molecule has 0 spiro atoms. The van der Waals surface area contributed by atoms with Crippen molar-refractivity contribution in [1.29, 1.82) is 0 Å². The van der Waals surface area contributed by atoms with Gasteiger partial charge in [-0.15, -0.1) is 0 Å². The smallest absolute Gasteiger partial charge is 0.119 e. The zero-order chi connectivity index (χ0) is 11.5. The van der Waals surface area contributed by atoms with E-state index in [0.29, 0.717) is 0 Å². The van der Waals surface area contributed by atoms with Crippen molar-refractivity contribution in [2.45, 2.75) is 13.0 Å².